The summed E-state index contributed by atoms with van der Waals surface area (Å²) in [5.41, 5.74) is 1.74. The Bertz CT molecular complexity index is 1270. The maximum Gasteiger partial charge on any atom is 0.416 e. The molecule has 4 rings (SSSR count). The summed E-state index contributed by atoms with van der Waals surface area (Å²) in [5, 5.41) is 8.96. The van der Waals surface area contributed by atoms with Gasteiger partial charge in [0.1, 0.15) is 0 Å². The predicted octanol–water partition coefficient (Wildman–Crippen LogP) is 7.48. The molecule has 0 radical (unpaired) electrons. The van der Waals surface area contributed by atoms with Crippen LogP contribution in [0.25, 0.3) is 11.3 Å². The fourth-order valence-corrected chi connectivity index (χ4v) is 3.88. The second kappa shape index (κ2) is 9.02. The van der Waals surface area contributed by atoms with E-state index in [-0.39, 0.29) is 5.56 Å². The van der Waals surface area contributed by atoms with Gasteiger partial charge in [0.25, 0.3) is 5.91 Å². The standard InChI is InChI=1S/C23H15ClF3N3OS/c24-17-7-3-9-19(12-17)29-22-30-20(13-32-22)14-4-2-8-18(11-14)28-21(31)15-5-1-6-16(10-15)23(25,26)27/h1-13H,(H,28,31)(H,29,30). The molecule has 162 valence electrons. The van der Waals surface area contributed by atoms with E-state index in [0.29, 0.717) is 21.5 Å². The number of rotatable bonds is 5. The number of halogens is 4. The molecule has 0 saturated heterocycles. The topological polar surface area (TPSA) is 54.0 Å². The summed E-state index contributed by atoms with van der Waals surface area (Å²) in [7, 11) is 0. The molecule has 32 heavy (non-hydrogen) atoms. The number of hydrogen-bond donors (Lipinski definition) is 2. The predicted molar refractivity (Wildman–Crippen MR) is 122 cm³/mol. The van der Waals surface area contributed by atoms with E-state index in [9.17, 15) is 18.0 Å². The summed E-state index contributed by atoms with van der Waals surface area (Å²) in [6.07, 6.45) is -4.52. The number of alkyl halides is 3. The van der Waals surface area contributed by atoms with Crippen molar-refractivity contribution in [2.24, 2.45) is 0 Å². The molecule has 0 fully saturated rings. The van der Waals surface area contributed by atoms with Gasteiger partial charge >= 0.3 is 6.18 Å². The van der Waals surface area contributed by atoms with Crippen LogP contribution in [0.4, 0.5) is 29.7 Å². The highest BCUT2D eigenvalue weighted by Crippen LogP contribution is 2.31. The second-order valence-corrected chi connectivity index (χ2v) is 8.08. The first-order chi connectivity index (χ1) is 15.3. The number of thiazole rings is 1. The van der Waals surface area contributed by atoms with Crippen molar-refractivity contribution in [3.05, 3.63) is 94.3 Å². The Morgan fingerprint density at radius 2 is 1.69 bits per heavy atom. The number of amides is 1. The van der Waals surface area contributed by atoms with Crippen molar-refractivity contribution in [2.45, 2.75) is 6.18 Å². The van der Waals surface area contributed by atoms with Gasteiger partial charge in [-0.25, -0.2) is 4.98 Å². The highest BCUT2D eigenvalue weighted by Gasteiger charge is 2.30. The second-order valence-electron chi connectivity index (χ2n) is 6.79. The molecule has 1 amide bonds. The Kier molecular flexibility index (Phi) is 6.16. The van der Waals surface area contributed by atoms with Gasteiger partial charge in [-0.2, -0.15) is 13.2 Å². The lowest BCUT2D eigenvalue weighted by molar-refractivity contribution is -0.137. The molecule has 9 heteroatoms. The molecule has 0 atom stereocenters. The lowest BCUT2D eigenvalue weighted by Crippen LogP contribution is -2.13. The monoisotopic (exact) mass is 473 g/mol. The number of benzene rings is 3. The van der Waals surface area contributed by atoms with Crippen LogP contribution in [0.5, 0.6) is 0 Å². The molecule has 0 unspecified atom stereocenters. The molecule has 2 N–H and O–H groups in total. The van der Waals surface area contributed by atoms with Gasteiger partial charge < -0.3 is 10.6 Å². The van der Waals surface area contributed by atoms with Gasteiger partial charge in [-0.15, -0.1) is 11.3 Å². The van der Waals surface area contributed by atoms with Gasteiger partial charge in [-0.3, -0.25) is 4.79 Å². The van der Waals surface area contributed by atoms with Crippen LogP contribution < -0.4 is 10.6 Å². The van der Waals surface area contributed by atoms with Crippen molar-refractivity contribution in [3.8, 4) is 11.3 Å². The van der Waals surface area contributed by atoms with Crippen LogP contribution in [0.3, 0.4) is 0 Å². The summed E-state index contributed by atoms with van der Waals surface area (Å²) in [4.78, 5) is 17.0. The Morgan fingerprint density at radius 1 is 0.938 bits per heavy atom. The number of nitrogens with one attached hydrogen (secondary N) is 2. The SMILES string of the molecule is O=C(Nc1cccc(-c2csc(Nc3cccc(Cl)c3)n2)c1)c1cccc(C(F)(F)F)c1. The van der Waals surface area contributed by atoms with Crippen LogP contribution in [-0.4, -0.2) is 10.9 Å². The molecule has 1 heterocycles. The minimum Gasteiger partial charge on any atom is -0.331 e. The van der Waals surface area contributed by atoms with Crippen LogP contribution in [0, 0.1) is 0 Å². The zero-order chi connectivity index (χ0) is 22.7. The molecule has 0 aliphatic rings. The molecule has 4 aromatic rings. The van der Waals surface area contributed by atoms with Crippen molar-refractivity contribution in [2.75, 3.05) is 10.6 Å². The molecule has 0 aliphatic carbocycles. The molecular weight excluding hydrogens is 459 g/mol. The number of anilines is 3. The normalized spacial score (nSPS) is 11.2. The lowest BCUT2D eigenvalue weighted by Gasteiger charge is -2.10. The van der Waals surface area contributed by atoms with Crippen molar-refractivity contribution < 1.29 is 18.0 Å². The lowest BCUT2D eigenvalue weighted by atomic mass is 10.1. The molecule has 0 spiro atoms. The Labute approximate surface area is 190 Å². The third-order valence-electron chi connectivity index (χ3n) is 4.45. The summed E-state index contributed by atoms with van der Waals surface area (Å²) >= 11 is 7.41. The van der Waals surface area contributed by atoms with Crippen LogP contribution in [0.2, 0.25) is 5.02 Å². The summed E-state index contributed by atoms with van der Waals surface area (Å²) in [6.45, 7) is 0. The van der Waals surface area contributed by atoms with E-state index in [4.69, 9.17) is 11.6 Å². The zero-order valence-corrected chi connectivity index (χ0v) is 17.9. The fraction of sp³-hybridized carbons (Fsp3) is 0.0435. The molecule has 1 aromatic heterocycles. The molecule has 3 aromatic carbocycles. The highest BCUT2D eigenvalue weighted by atomic mass is 35.5. The van der Waals surface area contributed by atoms with Crippen molar-refractivity contribution in [3.63, 3.8) is 0 Å². The molecule has 0 bridgehead atoms. The largest absolute Gasteiger partial charge is 0.416 e. The van der Waals surface area contributed by atoms with Crippen molar-refractivity contribution in [1.82, 2.24) is 4.98 Å². The number of nitrogens with zero attached hydrogens (tertiary/aromatic N) is 1. The van der Waals surface area contributed by atoms with Crippen LogP contribution >= 0.6 is 22.9 Å². The van der Waals surface area contributed by atoms with E-state index in [1.165, 1.54) is 23.5 Å². The van der Waals surface area contributed by atoms with Gasteiger partial charge in [0.05, 0.1) is 11.3 Å². The molecule has 0 aliphatic heterocycles. The Morgan fingerprint density at radius 3 is 2.47 bits per heavy atom. The van der Waals surface area contributed by atoms with E-state index in [1.807, 2.05) is 23.6 Å². The van der Waals surface area contributed by atoms with Gasteiger partial charge in [-0.1, -0.05) is 35.9 Å². The van der Waals surface area contributed by atoms with Gasteiger partial charge in [0.2, 0.25) is 0 Å². The van der Waals surface area contributed by atoms with Gasteiger partial charge in [0.15, 0.2) is 5.13 Å². The van der Waals surface area contributed by atoms with E-state index in [0.717, 1.165) is 23.4 Å². The average Bonchev–Trinajstić information content (AvgIpc) is 3.22. The van der Waals surface area contributed by atoms with E-state index in [1.54, 1.807) is 30.3 Å². The number of hydrogen-bond acceptors (Lipinski definition) is 4. The molecule has 0 saturated carbocycles. The van der Waals surface area contributed by atoms with Crippen molar-refractivity contribution in [1.29, 1.82) is 0 Å². The average molecular weight is 474 g/mol. The summed E-state index contributed by atoms with van der Waals surface area (Å²) in [6, 6.07) is 18.5. The zero-order valence-electron chi connectivity index (χ0n) is 16.3. The molecular formula is C23H15ClF3N3OS. The van der Waals surface area contributed by atoms with Crippen LogP contribution in [0.15, 0.2) is 78.2 Å². The summed E-state index contributed by atoms with van der Waals surface area (Å²) in [5.74, 6) is -0.630. The minimum atomic E-state index is -4.52. The number of carbonyl (C=O) groups excluding carboxylic acids is 1. The van der Waals surface area contributed by atoms with Crippen molar-refractivity contribution >= 4 is 45.4 Å². The maximum atomic E-state index is 12.9. The fourth-order valence-electron chi connectivity index (χ4n) is 2.95. The van der Waals surface area contributed by atoms with Gasteiger partial charge in [0, 0.05) is 32.9 Å². The maximum absolute atomic E-state index is 12.9. The quantitative estimate of drug-likeness (QED) is 0.316. The van der Waals surface area contributed by atoms with E-state index < -0.39 is 17.6 Å². The molecule has 4 nitrogen and oxygen atoms in total. The van der Waals surface area contributed by atoms with Crippen LogP contribution in [0.1, 0.15) is 15.9 Å². The third kappa shape index (κ3) is 5.27. The minimum absolute atomic E-state index is 0.0769. The third-order valence-corrected chi connectivity index (χ3v) is 5.44. The highest BCUT2D eigenvalue weighted by molar-refractivity contribution is 7.14. The van der Waals surface area contributed by atoms with Gasteiger partial charge in [-0.05, 0) is 48.5 Å². The first-order valence-corrected chi connectivity index (χ1v) is 10.6. The first kappa shape index (κ1) is 21.9. The Hall–Kier alpha value is -3.36. The van der Waals surface area contributed by atoms with E-state index >= 15 is 0 Å². The Balaban J connectivity index is 1.50. The number of aromatic nitrogens is 1. The smallest absolute Gasteiger partial charge is 0.331 e. The van der Waals surface area contributed by atoms with E-state index in [2.05, 4.69) is 15.6 Å². The summed E-state index contributed by atoms with van der Waals surface area (Å²) < 4.78 is 38.7. The van der Waals surface area contributed by atoms with Crippen LogP contribution in [-0.2, 0) is 6.18 Å². The number of carbonyl (C=O) groups is 1. The first-order valence-electron chi connectivity index (χ1n) is 9.35.